The Kier molecular flexibility index (Phi) is 8.82. The molecule has 1 amide bonds. The summed E-state index contributed by atoms with van der Waals surface area (Å²) in [7, 11) is 2.56. The van der Waals surface area contributed by atoms with Crippen molar-refractivity contribution in [3.05, 3.63) is 53.1 Å². The zero-order valence-corrected chi connectivity index (χ0v) is 17.6. The number of nitriles is 1. The minimum Gasteiger partial charge on any atom is -0.493 e. The van der Waals surface area contributed by atoms with Gasteiger partial charge in [-0.25, -0.2) is 0 Å². The second-order valence-electron chi connectivity index (χ2n) is 6.56. The minimum absolute atomic E-state index is 0.0220. The first-order valence-electron chi connectivity index (χ1n) is 9.64. The number of ether oxygens (including phenoxy) is 3. The smallest absolute Gasteiger partial charge is 0.387 e. The van der Waals surface area contributed by atoms with E-state index >= 15 is 0 Å². The molecule has 0 aliphatic rings. The first-order chi connectivity index (χ1) is 14.9. The van der Waals surface area contributed by atoms with Crippen LogP contribution >= 0.6 is 0 Å². The van der Waals surface area contributed by atoms with E-state index in [9.17, 15) is 18.8 Å². The Morgan fingerprint density at radius 3 is 2.26 bits per heavy atom. The van der Waals surface area contributed by atoms with Gasteiger partial charge in [-0.2, -0.15) is 14.0 Å². The summed E-state index contributed by atoms with van der Waals surface area (Å²) < 4.78 is 40.0. The summed E-state index contributed by atoms with van der Waals surface area (Å²) in [6, 6.07) is 12.0. The summed E-state index contributed by atoms with van der Waals surface area (Å²) in [4.78, 5) is 12.5. The van der Waals surface area contributed by atoms with E-state index < -0.39 is 12.5 Å². The van der Waals surface area contributed by atoms with Gasteiger partial charge in [-0.3, -0.25) is 4.79 Å². The van der Waals surface area contributed by atoms with Crippen molar-refractivity contribution in [2.75, 3.05) is 19.5 Å². The fourth-order valence-electron chi connectivity index (χ4n) is 2.84. The Labute approximate surface area is 180 Å². The van der Waals surface area contributed by atoms with Gasteiger partial charge in [-0.05, 0) is 54.3 Å². The van der Waals surface area contributed by atoms with E-state index in [4.69, 9.17) is 9.47 Å². The summed E-state index contributed by atoms with van der Waals surface area (Å²) in [5, 5.41) is 12.1. The highest BCUT2D eigenvalue weighted by Crippen LogP contribution is 2.40. The molecule has 2 aromatic carbocycles. The number of aryl methyl sites for hydroxylation is 1. The second kappa shape index (κ2) is 11.6. The number of hydrogen-bond donors (Lipinski definition) is 1. The Balaban J connectivity index is 2.25. The lowest BCUT2D eigenvalue weighted by atomic mass is 10.1. The molecule has 8 heteroatoms. The molecule has 0 atom stereocenters. The molecular weight excluding hydrogens is 406 g/mol. The van der Waals surface area contributed by atoms with Crippen LogP contribution < -0.4 is 19.5 Å². The van der Waals surface area contributed by atoms with Crippen molar-refractivity contribution in [3.8, 4) is 23.3 Å². The third-order valence-electron chi connectivity index (χ3n) is 4.40. The van der Waals surface area contributed by atoms with Gasteiger partial charge in [-0.15, -0.1) is 0 Å². The van der Waals surface area contributed by atoms with Gasteiger partial charge in [-0.1, -0.05) is 25.5 Å². The molecule has 0 fully saturated rings. The topological polar surface area (TPSA) is 80.6 Å². The standard InChI is InChI=1S/C23H24F2N2O4/c1-4-5-6-15-7-9-18(10-8-15)27-22(28)17(14-26)11-16-12-19(29-2)21(31-23(24)25)20(13-16)30-3/h7-13,23H,4-6H2,1-3H3,(H,27,28)/b17-11+. The predicted molar refractivity (Wildman–Crippen MR) is 113 cm³/mol. The number of carbonyl (C=O) groups excluding carboxylic acids is 1. The molecule has 0 aliphatic heterocycles. The maximum absolute atomic E-state index is 12.7. The van der Waals surface area contributed by atoms with Gasteiger partial charge in [0.05, 0.1) is 14.2 Å². The monoisotopic (exact) mass is 430 g/mol. The van der Waals surface area contributed by atoms with Gasteiger partial charge in [0.1, 0.15) is 11.6 Å². The number of rotatable bonds is 10. The van der Waals surface area contributed by atoms with Crippen LogP contribution in [0.2, 0.25) is 0 Å². The molecular formula is C23H24F2N2O4. The Morgan fingerprint density at radius 1 is 1.16 bits per heavy atom. The molecule has 0 radical (unpaired) electrons. The Hall–Kier alpha value is -3.60. The molecule has 0 spiro atoms. The lowest BCUT2D eigenvalue weighted by Crippen LogP contribution is -2.13. The van der Waals surface area contributed by atoms with Crippen molar-refractivity contribution in [1.82, 2.24) is 0 Å². The zero-order valence-electron chi connectivity index (χ0n) is 17.6. The molecule has 0 heterocycles. The molecule has 0 saturated carbocycles. The molecule has 31 heavy (non-hydrogen) atoms. The molecule has 1 N–H and O–H groups in total. The number of unbranched alkanes of at least 4 members (excludes halogenated alkanes) is 1. The quantitative estimate of drug-likeness (QED) is 0.414. The number of nitrogens with one attached hydrogen (secondary N) is 1. The van der Waals surface area contributed by atoms with Gasteiger partial charge in [0.15, 0.2) is 11.5 Å². The highest BCUT2D eigenvalue weighted by Gasteiger charge is 2.18. The maximum Gasteiger partial charge on any atom is 0.387 e. The van der Waals surface area contributed by atoms with E-state index in [2.05, 4.69) is 17.0 Å². The Bertz CT molecular complexity index is 942. The number of hydrogen-bond acceptors (Lipinski definition) is 5. The van der Waals surface area contributed by atoms with Gasteiger partial charge in [0.25, 0.3) is 5.91 Å². The van der Waals surface area contributed by atoms with Crippen LogP contribution in [-0.2, 0) is 11.2 Å². The molecule has 0 aliphatic carbocycles. The van der Waals surface area contributed by atoms with Crippen LogP contribution in [-0.4, -0.2) is 26.7 Å². The van der Waals surface area contributed by atoms with E-state index in [1.165, 1.54) is 38.0 Å². The molecule has 6 nitrogen and oxygen atoms in total. The average Bonchev–Trinajstić information content (AvgIpc) is 2.77. The van der Waals surface area contributed by atoms with Gasteiger partial charge >= 0.3 is 6.61 Å². The predicted octanol–water partition coefficient (Wildman–Crippen LogP) is 5.19. The number of benzene rings is 2. The van der Waals surface area contributed by atoms with Crippen LogP contribution in [0.4, 0.5) is 14.5 Å². The number of halogens is 2. The van der Waals surface area contributed by atoms with Gasteiger partial charge in [0.2, 0.25) is 5.75 Å². The molecule has 0 unspecified atom stereocenters. The van der Waals surface area contributed by atoms with Crippen molar-refractivity contribution in [3.63, 3.8) is 0 Å². The van der Waals surface area contributed by atoms with E-state index in [0.717, 1.165) is 19.3 Å². The fraction of sp³-hybridized carbons (Fsp3) is 0.304. The highest BCUT2D eigenvalue weighted by atomic mass is 19.3. The summed E-state index contributed by atoms with van der Waals surface area (Å²) in [5.41, 5.74) is 1.89. The second-order valence-corrected chi connectivity index (χ2v) is 6.56. The summed E-state index contributed by atoms with van der Waals surface area (Å²) in [6.45, 7) is -0.951. The van der Waals surface area contributed by atoms with Crippen molar-refractivity contribution in [1.29, 1.82) is 5.26 Å². The lowest BCUT2D eigenvalue weighted by Gasteiger charge is -2.14. The third kappa shape index (κ3) is 6.71. The SMILES string of the molecule is CCCCc1ccc(NC(=O)/C(C#N)=C/c2cc(OC)c(OC(F)F)c(OC)c2)cc1. The zero-order chi connectivity index (χ0) is 22.8. The van der Waals surface area contributed by atoms with E-state index in [-0.39, 0.29) is 22.8 Å². The number of methoxy groups -OCH3 is 2. The van der Waals surface area contributed by atoms with Crippen molar-refractivity contribution in [2.24, 2.45) is 0 Å². The summed E-state index contributed by atoms with van der Waals surface area (Å²) >= 11 is 0. The molecule has 164 valence electrons. The third-order valence-corrected chi connectivity index (χ3v) is 4.40. The van der Waals surface area contributed by atoms with E-state index in [1.54, 1.807) is 12.1 Å². The lowest BCUT2D eigenvalue weighted by molar-refractivity contribution is -0.112. The van der Waals surface area contributed by atoms with Crippen molar-refractivity contribution < 1.29 is 27.8 Å². The number of amides is 1. The summed E-state index contributed by atoms with van der Waals surface area (Å²) in [6.07, 6.45) is 4.45. The van der Waals surface area contributed by atoms with Crippen LogP contribution in [0.25, 0.3) is 6.08 Å². The Morgan fingerprint density at radius 2 is 1.77 bits per heavy atom. The van der Waals surface area contributed by atoms with Gasteiger partial charge < -0.3 is 19.5 Å². The first kappa shape index (κ1) is 23.7. The van der Waals surface area contributed by atoms with E-state index in [0.29, 0.717) is 11.3 Å². The van der Waals surface area contributed by atoms with E-state index in [1.807, 2.05) is 18.2 Å². The fourth-order valence-corrected chi connectivity index (χ4v) is 2.84. The molecule has 2 rings (SSSR count). The van der Waals surface area contributed by atoms with Crippen molar-refractivity contribution in [2.45, 2.75) is 32.8 Å². The van der Waals surface area contributed by atoms with Crippen molar-refractivity contribution >= 4 is 17.7 Å². The normalized spacial score (nSPS) is 11.1. The van der Waals surface area contributed by atoms with Crippen LogP contribution in [0.3, 0.4) is 0 Å². The molecule has 0 bridgehead atoms. The minimum atomic E-state index is -3.07. The van der Waals surface area contributed by atoms with Crippen LogP contribution in [0.5, 0.6) is 17.2 Å². The van der Waals surface area contributed by atoms with Crippen LogP contribution in [0.1, 0.15) is 30.9 Å². The maximum atomic E-state index is 12.7. The molecule has 0 saturated heterocycles. The molecule has 2 aromatic rings. The number of carbonyl (C=O) groups is 1. The largest absolute Gasteiger partial charge is 0.493 e. The van der Waals surface area contributed by atoms with Crippen LogP contribution in [0.15, 0.2) is 42.0 Å². The number of alkyl halides is 2. The average molecular weight is 430 g/mol. The van der Waals surface area contributed by atoms with Crippen LogP contribution in [0, 0.1) is 11.3 Å². The highest BCUT2D eigenvalue weighted by molar-refractivity contribution is 6.09. The summed E-state index contributed by atoms with van der Waals surface area (Å²) in [5.74, 6) is -0.921. The molecule has 0 aromatic heterocycles. The number of nitrogens with zero attached hydrogens (tertiary/aromatic N) is 1. The first-order valence-corrected chi connectivity index (χ1v) is 9.64. The number of anilines is 1. The van der Waals surface area contributed by atoms with Gasteiger partial charge in [0, 0.05) is 5.69 Å².